The lowest BCUT2D eigenvalue weighted by Gasteiger charge is -2.59. The molecule has 13 heteroatoms. The van der Waals surface area contributed by atoms with Crippen LogP contribution in [0.5, 0.6) is 11.5 Å². The number of carbonyl (C=O) groups is 1. The third-order valence-corrected chi connectivity index (χ3v) is 12.5. The number of sulfonamides is 1. The number of nitrogens with one attached hydrogen (secondary N) is 1. The van der Waals surface area contributed by atoms with Crippen LogP contribution in [0.3, 0.4) is 0 Å². The Bertz CT molecular complexity index is 1790. The van der Waals surface area contributed by atoms with Crippen LogP contribution in [0.25, 0.3) is 0 Å². The molecule has 6 atom stereocenters. The van der Waals surface area contributed by atoms with Gasteiger partial charge >= 0.3 is 0 Å². The molecule has 1 heterocycles. The summed E-state index contributed by atoms with van der Waals surface area (Å²) in [6, 6.07) is 10.8. The standard InChI is InChI=1S/C41H55N3O9S/c1-6-23-50-31-17-20-37-35(26-31)39-33(14-10-12-22-46)29(13-9-11-21-45)25-34-36(43-52-8-3)27-38(41(53-37,40(34)39)51-24-7-2)44(5)54(48,49)32-18-15-30(16-19-32)42-28(4)47/h6-7,15-20,25-26,29,33,38-40,45-46H,1-2,8-14,21-24,27H2,3-5H3,(H,42,47)/t29-,33+,38-,39+,40+,41+/m0/s1. The Labute approximate surface area is 319 Å². The summed E-state index contributed by atoms with van der Waals surface area (Å²) in [6.45, 7) is 11.9. The van der Waals surface area contributed by atoms with Crippen LogP contribution in [0.1, 0.15) is 70.3 Å². The second kappa shape index (κ2) is 18.5. The summed E-state index contributed by atoms with van der Waals surface area (Å²) in [5.41, 5.74) is 2.89. The third-order valence-electron chi connectivity index (χ3n) is 10.6. The summed E-state index contributed by atoms with van der Waals surface area (Å²) in [4.78, 5) is 17.4. The van der Waals surface area contributed by atoms with Crippen LogP contribution < -0.4 is 14.8 Å². The third kappa shape index (κ3) is 8.60. The normalized spacial score (nSPS) is 25.2. The van der Waals surface area contributed by atoms with E-state index in [1.165, 1.54) is 30.4 Å². The van der Waals surface area contributed by atoms with Gasteiger partial charge in [0.05, 0.1) is 29.2 Å². The first-order valence-electron chi connectivity index (χ1n) is 18.9. The van der Waals surface area contributed by atoms with Gasteiger partial charge in [0.15, 0.2) is 0 Å². The lowest BCUT2D eigenvalue weighted by molar-refractivity contribution is -0.250. The minimum Gasteiger partial charge on any atom is -0.490 e. The van der Waals surface area contributed by atoms with Gasteiger partial charge < -0.3 is 34.6 Å². The predicted molar refractivity (Wildman–Crippen MR) is 208 cm³/mol. The van der Waals surface area contributed by atoms with Gasteiger partial charge in [-0.15, -0.1) is 6.58 Å². The molecule has 1 aliphatic heterocycles. The summed E-state index contributed by atoms with van der Waals surface area (Å²) in [6.07, 6.45) is 10.2. The summed E-state index contributed by atoms with van der Waals surface area (Å²) in [7, 11) is -2.64. The number of rotatable bonds is 20. The van der Waals surface area contributed by atoms with Crippen molar-refractivity contribution in [1.29, 1.82) is 0 Å². The van der Waals surface area contributed by atoms with E-state index in [0.29, 0.717) is 49.0 Å². The van der Waals surface area contributed by atoms with Crippen LogP contribution in [0.4, 0.5) is 5.69 Å². The number of benzene rings is 2. The highest BCUT2D eigenvalue weighted by Gasteiger charge is 2.65. The van der Waals surface area contributed by atoms with Crippen molar-refractivity contribution in [2.75, 3.05) is 45.4 Å². The van der Waals surface area contributed by atoms with E-state index in [4.69, 9.17) is 19.0 Å². The number of anilines is 1. The maximum absolute atomic E-state index is 14.6. The van der Waals surface area contributed by atoms with Crippen LogP contribution in [-0.2, 0) is 24.4 Å². The van der Waals surface area contributed by atoms with Gasteiger partial charge in [0, 0.05) is 50.8 Å². The van der Waals surface area contributed by atoms with Crippen LogP contribution in [0.2, 0.25) is 0 Å². The molecule has 3 N–H and O–H groups in total. The number of allylic oxidation sites excluding steroid dienone is 1. The number of unbranched alkanes of at least 4 members (excludes halogenated alkanes) is 2. The summed E-state index contributed by atoms with van der Waals surface area (Å²) in [5, 5.41) is 26.9. The first-order chi connectivity index (χ1) is 26.1. The average molecular weight is 766 g/mol. The number of likely N-dealkylation sites (N-methyl/N-ethyl adjacent to an activating group) is 1. The minimum absolute atomic E-state index is 0.0309. The molecule has 1 fully saturated rings. The maximum Gasteiger partial charge on any atom is 0.243 e. The molecular weight excluding hydrogens is 711 g/mol. The molecular formula is C41H55N3O9S. The number of nitrogens with zero attached hydrogens (tertiary/aromatic N) is 2. The van der Waals surface area contributed by atoms with Crippen molar-refractivity contribution >= 4 is 27.3 Å². The first-order valence-corrected chi connectivity index (χ1v) is 20.3. The Morgan fingerprint density at radius 3 is 2.41 bits per heavy atom. The van der Waals surface area contributed by atoms with Crippen molar-refractivity contribution in [2.45, 2.75) is 81.4 Å². The van der Waals surface area contributed by atoms with Gasteiger partial charge in [-0.2, -0.15) is 4.31 Å². The Hall–Kier alpha value is -4.01. The van der Waals surface area contributed by atoms with E-state index in [1.807, 2.05) is 25.1 Å². The molecule has 3 aliphatic rings. The van der Waals surface area contributed by atoms with E-state index in [-0.39, 0.29) is 54.8 Å². The van der Waals surface area contributed by atoms with Gasteiger partial charge in [0.1, 0.15) is 24.7 Å². The number of aliphatic hydroxyl groups excluding tert-OH is 2. The number of fused-ring (bicyclic) bond motifs is 2. The molecule has 0 spiro atoms. The smallest absolute Gasteiger partial charge is 0.243 e. The van der Waals surface area contributed by atoms with Gasteiger partial charge in [0.2, 0.25) is 21.7 Å². The first kappa shape index (κ1) is 41.2. The molecule has 0 saturated heterocycles. The SMILES string of the molecule is C=CCOc1ccc2c(c1)[C@H]1[C@H](CCCCO)[C@@H](CCCCO)C=C3C(=NOCC)C[C@H](N(C)S(=O)(=O)c4ccc(NC(C)=O)cc4)[C@@](OCC=C)(O2)[C@H]31. The summed E-state index contributed by atoms with van der Waals surface area (Å²) >= 11 is 0. The largest absolute Gasteiger partial charge is 0.490 e. The molecule has 0 radical (unpaired) electrons. The molecule has 0 aromatic heterocycles. The highest BCUT2D eigenvalue weighted by molar-refractivity contribution is 7.89. The number of hydrogen-bond donors (Lipinski definition) is 3. The summed E-state index contributed by atoms with van der Waals surface area (Å²) < 4.78 is 50.5. The zero-order valence-corrected chi connectivity index (χ0v) is 32.4. The van der Waals surface area contributed by atoms with E-state index >= 15 is 0 Å². The second-order valence-corrected chi connectivity index (χ2v) is 16.0. The lowest BCUT2D eigenvalue weighted by Crippen LogP contribution is -2.69. The van der Waals surface area contributed by atoms with Crippen LogP contribution in [-0.4, -0.2) is 86.5 Å². The van der Waals surface area contributed by atoms with Gasteiger partial charge in [-0.05, 0) is 92.5 Å². The zero-order chi connectivity index (χ0) is 38.9. The average Bonchev–Trinajstić information content (AvgIpc) is 3.16. The van der Waals surface area contributed by atoms with Gasteiger partial charge in [-0.1, -0.05) is 42.8 Å². The molecule has 2 aliphatic carbocycles. The molecule has 2 aromatic carbocycles. The lowest BCUT2D eigenvalue weighted by atomic mass is 9.55. The monoisotopic (exact) mass is 765 g/mol. The van der Waals surface area contributed by atoms with Gasteiger partial charge in [-0.3, -0.25) is 4.79 Å². The number of oxime groups is 1. The van der Waals surface area contributed by atoms with E-state index in [9.17, 15) is 23.4 Å². The molecule has 5 rings (SSSR count). The van der Waals surface area contributed by atoms with Crippen molar-refractivity contribution in [3.63, 3.8) is 0 Å². The minimum atomic E-state index is -4.18. The van der Waals surface area contributed by atoms with Crippen LogP contribution >= 0.6 is 0 Å². The van der Waals surface area contributed by atoms with E-state index in [1.54, 1.807) is 24.3 Å². The Morgan fingerprint density at radius 1 is 1.06 bits per heavy atom. The summed E-state index contributed by atoms with van der Waals surface area (Å²) in [5.74, 6) is -1.27. The number of aliphatic hydroxyl groups is 2. The Kier molecular flexibility index (Phi) is 14.1. The Balaban J connectivity index is 1.75. The van der Waals surface area contributed by atoms with Crippen molar-refractivity contribution < 1.29 is 42.5 Å². The molecule has 2 aromatic rings. The molecule has 0 unspecified atom stereocenters. The quantitative estimate of drug-likeness (QED) is 0.0814. The van der Waals surface area contributed by atoms with Crippen molar-refractivity contribution in [2.24, 2.45) is 22.9 Å². The van der Waals surface area contributed by atoms with Crippen LogP contribution in [0, 0.1) is 17.8 Å². The number of carbonyl (C=O) groups excluding carboxylic acids is 1. The van der Waals surface area contributed by atoms with Crippen molar-refractivity contribution in [1.82, 2.24) is 4.31 Å². The molecule has 12 nitrogen and oxygen atoms in total. The topological polar surface area (TPSA) is 156 Å². The molecule has 1 saturated carbocycles. The van der Waals surface area contributed by atoms with E-state index in [0.717, 1.165) is 36.8 Å². The maximum atomic E-state index is 14.6. The molecule has 294 valence electrons. The Morgan fingerprint density at radius 2 is 1.76 bits per heavy atom. The second-order valence-electron chi connectivity index (χ2n) is 14.0. The number of ether oxygens (including phenoxy) is 3. The number of hydrogen-bond acceptors (Lipinski definition) is 10. The molecule has 54 heavy (non-hydrogen) atoms. The van der Waals surface area contributed by atoms with Crippen LogP contribution in [0.15, 0.2) is 89.5 Å². The highest BCUT2D eigenvalue weighted by atomic mass is 32.2. The van der Waals surface area contributed by atoms with Gasteiger partial charge in [0.25, 0.3) is 0 Å². The zero-order valence-electron chi connectivity index (χ0n) is 31.6. The highest BCUT2D eigenvalue weighted by Crippen LogP contribution is 2.62. The van der Waals surface area contributed by atoms with Crippen molar-refractivity contribution in [3.05, 3.63) is 85.0 Å². The fraction of sp³-hybridized carbons (Fsp3) is 0.512. The van der Waals surface area contributed by atoms with E-state index < -0.39 is 27.8 Å². The van der Waals surface area contributed by atoms with E-state index in [2.05, 4.69) is 29.7 Å². The number of amides is 1. The fourth-order valence-electron chi connectivity index (χ4n) is 8.34. The molecule has 1 amide bonds. The van der Waals surface area contributed by atoms with Crippen molar-refractivity contribution in [3.8, 4) is 11.5 Å². The van der Waals surface area contributed by atoms with Gasteiger partial charge in [-0.25, -0.2) is 8.42 Å². The molecule has 0 bridgehead atoms. The predicted octanol–water partition coefficient (Wildman–Crippen LogP) is 6.18. The fourth-order valence-corrected chi connectivity index (χ4v) is 9.71.